The van der Waals surface area contributed by atoms with Crippen LogP contribution in [0.1, 0.15) is 104 Å². The first-order chi connectivity index (χ1) is 21.7. The van der Waals surface area contributed by atoms with E-state index in [0.717, 1.165) is 6.54 Å². The normalized spacial score (nSPS) is 11.2. The molecule has 0 aromatic carbocycles. The molecule has 0 saturated heterocycles. The lowest BCUT2D eigenvalue weighted by Gasteiger charge is -2.17. The molecule has 0 spiro atoms. The number of carbonyl (C=O) groups is 5. The molecule has 0 aliphatic rings. The highest BCUT2D eigenvalue weighted by Gasteiger charge is 2.19. The molecule has 0 aromatic heterocycles. The summed E-state index contributed by atoms with van der Waals surface area (Å²) in [7, 11) is 3.96. The second-order valence-electron chi connectivity index (χ2n) is 16.1. The fraction of sp³-hybridized carbons (Fsp3) is 0.625. The van der Waals surface area contributed by atoms with Crippen molar-refractivity contribution in [3.05, 3.63) is 24.3 Å². The molecule has 49 heavy (non-hydrogen) atoms. The van der Waals surface area contributed by atoms with Crippen LogP contribution in [0.4, 0.5) is 0 Å². The molecule has 0 unspecified atom stereocenters. The molecule has 0 fully saturated rings. The van der Waals surface area contributed by atoms with Gasteiger partial charge in [-0.15, -0.1) is 12.8 Å². The Balaban J connectivity index is -0.000000166. The van der Waals surface area contributed by atoms with Gasteiger partial charge >= 0.3 is 0 Å². The van der Waals surface area contributed by atoms with Gasteiger partial charge in [-0.3, -0.25) is 24.0 Å². The van der Waals surface area contributed by atoms with Crippen molar-refractivity contribution < 1.29 is 29.1 Å². The smallest absolute Gasteiger partial charge is 0.296 e. The summed E-state index contributed by atoms with van der Waals surface area (Å²) < 4.78 is 0. The Morgan fingerprint density at radius 3 is 1.27 bits per heavy atom. The highest BCUT2D eigenvalue weighted by Crippen LogP contribution is 2.16. The van der Waals surface area contributed by atoms with Gasteiger partial charge in [-0.1, -0.05) is 101 Å². The highest BCUT2D eigenvalue weighted by molar-refractivity contribution is 5.99. The third-order valence-corrected chi connectivity index (χ3v) is 5.02. The predicted octanol–water partition coefficient (Wildman–Crippen LogP) is 5.20. The number of Topliss-reactive ketones (excluding diaryl/α,β-unsaturated/α-hetero) is 2. The van der Waals surface area contributed by atoms with E-state index in [0.29, 0.717) is 6.54 Å². The predicted molar refractivity (Wildman–Crippen MR) is 204 cm³/mol. The number of nitrogens with two attached hydrogens (primary N) is 1. The number of allylic oxidation sites excluding steroid dienone is 2. The Bertz CT molecular complexity index is 1230. The minimum absolute atomic E-state index is 0.123. The minimum atomic E-state index is -0.415. The van der Waals surface area contributed by atoms with E-state index < -0.39 is 5.41 Å². The number of carbonyl (C=O) groups excluding carboxylic acids is 5. The lowest BCUT2D eigenvalue weighted by atomic mass is 9.91. The molecule has 278 valence electrons. The molecule has 0 aliphatic heterocycles. The van der Waals surface area contributed by atoms with Crippen LogP contribution in [0.5, 0.6) is 0 Å². The zero-order chi connectivity index (χ0) is 40.4. The highest BCUT2D eigenvalue weighted by atomic mass is 16.2. The largest absolute Gasteiger partial charge is 0.384 e. The van der Waals surface area contributed by atoms with Crippen molar-refractivity contribution in [2.24, 2.45) is 27.4 Å². The van der Waals surface area contributed by atoms with E-state index in [1.807, 2.05) is 93.3 Å². The fourth-order valence-electron chi connectivity index (χ4n) is 1.95. The lowest BCUT2D eigenvalue weighted by Crippen LogP contribution is -2.39. The van der Waals surface area contributed by atoms with Gasteiger partial charge in [0.15, 0.2) is 11.6 Å². The Morgan fingerprint density at radius 2 is 1.06 bits per heavy atom. The van der Waals surface area contributed by atoms with E-state index >= 15 is 0 Å². The van der Waals surface area contributed by atoms with Gasteiger partial charge in [-0.05, 0) is 64.8 Å². The number of aliphatic hydroxyl groups is 1. The number of nitrogens with one attached hydrogen (secondary N) is 1. The number of amides is 1. The second-order valence-corrected chi connectivity index (χ2v) is 16.1. The fourth-order valence-corrected chi connectivity index (χ4v) is 1.95. The van der Waals surface area contributed by atoms with Crippen LogP contribution in [0.3, 0.4) is 0 Å². The van der Waals surface area contributed by atoms with E-state index in [4.69, 9.17) is 23.7 Å². The van der Waals surface area contributed by atoms with Crippen LogP contribution in [0.25, 0.3) is 0 Å². The Hall–Kier alpha value is -3.81. The molecular weight excluding hydrogens is 618 g/mol. The zero-order valence-corrected chi connectivity index (χ0v) is 33.6. The van der Waals surface area contributed by atoms with Crippen molar-refractivity contribution in [3.8, 4) is 36.5 Å². The summed E-state index contributed by atoms with van der Waals surface area (Å²) in [5.41, 5.74) is 3.66. The molecule has 0 radical (unpaired) electrons. The van der Waals surface area contributed by atoms with E-state index in [1.54, 1.807) is 59.8 Å². The van der Waals surface area contributed by atoms with Gasteiger partial charge in [-0.2, -0.15) is 0 Å². The molecule has 1 amide bonds. The summed E-state index contributed by atoms with van der Waals surface area (Å²) in [6, 6.07) is 0. The number of terminal acetylenes is 2. The first kappa shape index (κ1) is 54.6. The summed E-state index contributed by atoms with van der Waals surface area (Å²) in [6.07, 6.45) is 16.5. The standard InChI is InChI=1S/C10H19NO.C8H15NO.C8H12O2.C7H11NO.C7H10O/c1-10(2,3)9(12)7-6-8-11(4)5;2*1-8(2,3)7(10)5-4-6-9;1-5-6(9)8-7(2,3)4;1-5-6(8)7(2,3)4/h6-7H,8H2,1-5H3;4-5H,6,9H2,1-3H3;9H,6H2,1-3H3;1H,2-4H3,(H,8,9);1H,2-4H3/b7-6+;5-4+;;;. The molecule has 0 rings (SSSR count). The summed E-state index contributed by atoms with van der Waals surface area (Å²) in [4.78, 5) is 56.5. The molecule has 9 heteroatoms. The van der Waals surface area contributed by atoms with Crippen LogP contribution in [-0.2, 0) is 24.0 Å². The summed E-state index contributed by atoms with van der Waals surface area (Å²) in [5, 5.41) is 10.8. The average Bonchev–Trinajstić information content (AvgIpc) is 2.92. The summed E-state index contributed by atoms with van der Waals surface area (Å²) in [6.45, 7) is 28.9. The van der Waals surface area contributed by atoms with Crippen molar-refractivity contribution in [3.63, 3.8) is 0 Å². The molecule has 0 aliphatic carbocycles. The molecule has 0 aromatic rings. The maximum Gasteiger partial charge on any atom is 0.296 e. The van der Waals surface area contributed by atoms with Crippen molar-refractivity contribution in [1.29, 1.82) is 0 Å². The van der Waals surface area contributed by atoms with E-state index in [-0.39, 0.29) is 57.4 Å². The van der Waals surface area contributed by atoms with E-state index in [9.17, 15) is 24.0 Å². The number of rotatable bonds is 5. The number of nitrogens with zero attached hydrogens (tertiary/aromatic N) is 1. The number of likely N-dealkylation sites (N-methyl/N-ethyl adjacent to an activating group) is 1. The number of aliphatic hydroxyl groups excluding tert-OH is 1. The molecule has 4 N–H and O–H groups in total. The summed E-state index contributed by atoms with van der Waals surface area (Å²) in [5.74, 6) is 8.35. The molecule has 0 atom stereocenters. The van der Waals surface area contributed by atoms with Gasteiger partial charge in [0.05, 0.1) is 0 Å². The molecular formula is C40H67N3O6. The average molecular weight is 686 g/mol. The topological polar surface area (TPSA) is 147 Å². The third kappa shape index (κ3) is 42.2. The lowest BCUT2D eigenvalue weighted by molar-refractivity contribution is -0.122. The SMILES string of the molecule is C#CC(=O)C(C)(C)C.C#CC(=O)NC(C)(C)C.CC(C)(C)C(=O)/C=C/CN.CC(C)(C)C(=O)C#CCO.CN(C)C/C=C/C(=O)C(C)(C)C. The summed E-state index contributed by atoms with van der Waals surface area (Å²) >= 11 is 0. The maximum absolute atomic E-state index is 11.3. The second kappa shape index (κ2) is 26.1. The van der Waals surface area contributed by atoms with Gasteiger partial charge < -0.3 is 21.1 Å². The molecule has 0 heterocycles. The van der Waals surface area contributed by atoms with Crippen LogP contribution >= 0.6 is 0 Å². The molecule has 9 nitrogen and oxygen atoms in total. The van der Waals surface area contributed by atoms with Crippen LogP contribution < -0.4 is 11.1 Å². The minimum Gasteiger partial charge on any atom is -0.384 e. The zero-order valence-electron chi connectivity index (χ0n) is 33.6. The van der Waals surface area contributed by atoms with Crippen molar-refractivity contribution in [2.75, 3.05) is 33.8 Å². The van der Waals surface area contributed by atoms with Crippen LogP contribution in [0.2, 0.25) is 0 Å². The van der Waals surface area contributed by atoms with Crippen molar-refractivity contribution in [1.82, 2.24) is 10.2 Å². The Labute approximate surface area is 299 Å². The number of ketones is 4. The van der Waals surface area contributed by atoms with Gasteiger partial charge in [-0.25, -0.2) is 0 Å². The molecule has 0 saturated carbocycles. The quantitative estimate of drug-likeness (QED) is 0.203. The van der Waals surface area contributed by atoms with Crippen LogP contribution in [-0.4, -0.2) is 78.4 Å². The van der Waals surface area contributed by atoms with Gasteiger partial charge in [0.25, 0.3) is 5.91 Å². The van der Waals surface area contributed by atoms with Crippen LogP contribution in [0.15, 0.2) is 24.3 Å². The van der Waals surface area contributed by atoms with Crippen molar-refractivity contribution >= 4 is 29.0 Å². The first-order valence-corrected chi connectivity index (χ1v) is 15.9. The van der Waals surface area contributed by atoms with Gasteiger partial charge in [0, 0.05) is 40.3 Å². The number of hydrogen-bond acceptors (Lipinski definition) is 8. The maximum atomic E-state index is 11.3. The molecule has 0 bridgehead atoms. The Morgan fingerprint density at radius 1 is 0.673 bits per heavy atom. The monoisotopic (exact) mass is 686 g/mol. The first-order valence-electron chi connectivity index (χ1n) is 15.9. The van der Waals surface area contributed by atoms with Crippen LogP contribution in [0, 0.1) is 58.2 Å². The van der Waals surface area contributed by atoms with E-state index in [1.165, 1.54) is 0 Å². The third-order valence-electron chi connectivity index (χ3n) is 5.02. The number of hydrogen-bond donors (Lipinski definition) is 3. The Kier molecular flexibility index (Phi) is 29.1. The van der Waals surface area contributed by atoms with E-state index in [2.05, 4.69) is 23.1 Å². The van der Waals surface area contributed by atoms with Gasteiger partial charge in [0.1, 0.15) is 6.61 Å². The van der Waals surface area contributed by atoms with Gasteiger partial charge in [0.2, 0.25) is 11.6 Å². The van der Waals surface area contributed by atoms with Crippen molar-refractivity contribution in [2.45, 2.75) is 109 Å².